The number of rotatable bonds is 6. The summed E-state index contributed by atoms with van der Waals surface area (Å²) in [7, 11) is 0. The Hall–Kier alpha value is -4.59. The standard InChI is InChI=1S/C23H19F2N9/c1-13(2)33-6-5-19(31-33)23-22(18-3-4-21-28-11-17(10-26)34(21)32-18)29-20(30-23)12-27-16-8-14(24)7-15(25)9-16/h3-9,11,13,27H,12H2,1-2H3,(H,29,30). The number of aromatic amines is 1. The number of aromatic nitrogens is 7. The van der Waals surface area contributed by atoms with Gasteiger partial charge in [-0.25, -0.2) is 23.3 Å². The summed E-state index contributed by atoms with van der Waals surface area (Å²) in [6, 6.07) is 10.8. The van der Waals surface area contributed by atoms with Crippen LogP contribution in [0.3, 0.4) is 0 Å². The normalized spacial score (nSPS) is 11.3. The SMILES string of the molecule is CC(C)n1ccc(-c2[nH]c(CNc3cc(F)cc(F)c3)nc2-c2ccc3ncc(C#N)n3n2)n1. The van der Waals surface area contributed by atoms with Gasteiger partial charge in [0.15, 0.2) is 11.3 Å². The fourth-order valence-electron chi connectivity index (χ4n) is 3.55. The quantitative estimate of drug-likeness (QED) is 0.391. The summed E-state index contributed by atoms with van der Waals surface area (Å²) in [4.78, 5) is 12.1. The Morgan fingerprint density at radius 2 is 1.88 bits per heavy atom. The highest BCUT2D eigenvalue weighted by molar-refractivity contribution is 5.75. The Balaban J connectivity index is 1.56. The second-order valence-corrected chi connectivity index (χ2v) is 7.94. The summed E-state index contributed by atoms with van der Waals surface area (Å²) in [5, 5.41) is 21.5. The molecular formula is C23H19F2N9. The molecule has 4 aromatic heterocycles. The molecule has 11 heteroatoms. The van der Waals surface area contributed by atoms with Crippen molar-refractivity contribution in [3.63, 3.8) is 0 Å². The van der Waals surface area contributed by atoms with Gasteiger partial charge in [-0.15, -0.1) is 0 Å². The zero-order valence-corrected chi connectivity index (χ0v) is 18.3. The molecule has 5 rings (SSSR count). The molecule has 5 aromatic rings. The van der Waals surface area contributed by atoms with Gasteiger partial charge in [0.1, 0.15) is 40.6 Å². The molecule has 0 atom stereocenters. The van der Waals surface area contributed by atoms with E-state index in [9.17, 15) is 14.0 Å². The van der Waals surface area contributed by atoms with Crippen molar-refractivity contribution in [2.75, 3.05) is 5.32 Å². The van der Waals surface area contributed by atoms with Crippen LogP contribution in [0.15, 0.2) is 48.8 Å². The van der Waals surface area contributed by atoms with Crippen molar-refractivity contribution in [1.29, 1.82) is 5.26 Å². The van der Waals surface area contributed by atoms with Gasteiger partial charge in [-0.1, -0.05) is 0 Å². The molecule has 0 aliphatic carbocycles. The van der Waals surface area contributed by atoms with Crippen LogP contribution in [-0.4, -0.2) is 34.3 Å². The molecule has 34 heavy (non-hydrogen) atoms. The number of fused-ring (bicyclic) bond motifs is 1. The number of anilines is 1. The third-order valence-electron chi connectivity index (χ3n) is 5.19. The first-order valence-electron chi connectivity index (χ1n) is 10.5. The zero-order valence-electron chi connectivity index (χ0n) is 18.3. The average Bonchev–Trinajstić information content (AvgIpc) is 3.54. The summed E-state index contributed by atoms with van der Waals surface area (Å²) >= 11 is 0. The van der Waals surface area contributed by atoms with E-state index in [1.54, 1.807) is 12.1 Å². The molecular weight excluding hydrogens is 440 g/mol. The molecule has 170 valence electrons. The summed E-state index contributed by atoms with van der Waals surface area (Å²) in [5.74, 6) is -0.829. The third-order valence-corrected chi connectivity index (χ3v) is 5.19. The third kappa shape index (κ3) is 3.97. The number of benzene rings is 1. The number of halogens is 2. The molecule has 4 heterocycles. The molecule has 0 saturated carbocycles. The van der Waals surface area contributed by atoms with Crippen molar-refractivity contribution in [3.05, 3.63) is 71.9 Å². The molecule has 0 aliphatic heterocycles. The first-order valence-corrected chi connectivity index (χ1v) is 10.5. The molecule has 9 nitrogen and oxygen atoms in total. The molecule has 0 amide bonds. The van der Waals surface area contributed by atoms with Crippen LogP contribution in [0.1, 0.15) is 31.4 Å². The first-order chi connectivity index (χ1) is 16.4. The van der Waals surface area contributed by atoms with E-state index in [0.29, 0.717) is 39.9 Å². The number of nitrogens with zero attached hydrogens (tertiary/aromatic N) is 7. The maximum Gasteiger partial charge on any atom is 0.162 e. The van der Waals surface area contributed by atoms with E-state index in [2.05, 4.69) is 36.5 Å². The van der Waals surface area contributed by atoms with E-state index < -0.39 is 11.6 Å². The number of imidazole rings is 2. The summed E-state index contributed by atoms with van der Waals surface area (Å²) in [6.07, 6.45) is 3.33. The number of H-pyrrole nitrogens is 1. The van der Waals surface area contributed by atoms with Crippen LogP contribution >= 0.6 is 0 Å². The Morgan fingerprint density at radius 1 is 1.09 bits per heavy atom. The lowest BCUT2D eigenvalue weighted by molar-refractivity contribution is 0.534. The fraction of sp³-hybridized carbons (Fsp3) is 0.174. The maximum atomic E-state index is 13.5. The Bertz CT molecular complexity index is 1520. The van der Waals surface area contributed by atoms with Crippen molar-refractivity contribution in [3.8, 4) is 28.8 Å². The minimum atomic E-state index is -0.673. The summed E-state index contributed by atoms with van der Waals surface area (Å²) in [6.45, 7) is 4.23. The molecule has 0 fully saturated rings. The Morgan fingerprint density at radius 3 is 2.59 bits per heavy atom. The van der Waals surface area contributed by atoms with Crippen LogP contribution in [0, 0.1) is 23.0 Å². The predicted molar refractivity (Wildman–Crippen MR) is 121 cm³/mol. The van der Waals surface area contributed by atoms with Gasteiger partial charge in [0.2, 0.25) is 0 Å². The fourth-order valence-corrected chi connectivity index (χ4v) is 3.55. The number of nitriles is 1. The van der Waals surface area contributed by atoms with E-state index in [-0.39, 0.29) is 18.3 Å². The van der Waals surface area contributed by atoms with Crippen molar-refractivity contribution < 1.29 is 8.78 Å². The lowest BCUT2D eigenvalue weighted by Gasteiger charge is -2.04. The van der Waals surface area contributed by atoms with Gasteiger partial charge in [-0.3, -0.25) is 4.68 Å². The van der Waals surface area contributed by atoms with E-state index >= 15 is 0 Å². The van der Waals surface area contributed by atoms with Gasteiger partial charge < -0.3 is 10.3 Å². The van der Waals surface area contributed by atoms with E-state index in [1.165, 1.54) is 22.8 Å². The highest BCUT2D eigenvalue weighted by Crippen LogP contribution is 2.29. The van der Waals surface area contributed by atoms with Crippen LogP contribution in [0.25, 0.3) is 28.4 Å². The second kappa shape index (κ2) is 8.40. The Kier molecular flexibility index (Phi) is 5.25. The smallest absolute Gasteiger partial charge is 0.162 e. The minimum absolute atomic E-state index is 0.169. The Labute approximate surface area is 192 Å². The van der Waals surface area contributed by atoms with E-state index in [4.69, 9.17) is 0 Å². The highest BCUT2D eigenvalue weighted by atomic mass is 19.1. The van der Waals surface area contributed by atoms with Crippen LogP contribution < -0.4 is 5.32 Å². The minimum Gasteiger partial charge on any atom is -0.378 e. The van der Waals surface area contributed by atoms with Crippen LogP contribution in [0.4, 0.5) is 14.5 Å². The average molecular weight is 459 g/mol. The largest absolute Gasteiger partial charge is 0.378 e. The topological polar surface area (TPSA) is 113 Å². The van der Waals surface area contributed by atoms with Crippen molar-refractivity contribution in [1.82, 2.24) is 34.3 Å². The van der Waals surface area contributed by atoms with E-state index in [1.807, 2.05) is 30.8 Å². The van der Waals surface area contributed by atoms with Gasteiger partial charge in [0.05, 0.1) is 18.4 Å². The molecule has 0 spiro atoms. The zero-order chi connectivity index (χ0) is 23.8. The van der Waals surface area contributed by atoms with Crippen molar-refractivity contribution in [2.24, 2.45) is 0 Å². The maximum absolute atomic E-state index is 13.5. The molecule has 0 bridgehead atoms. The molecule has 0 unspecified atom stereocenters. The molecule has 0 saturated heterocycles. The number of hydrogen-bond donors (Lipinski definition) is 2. The molecule has 2 N–H and O–H groups in total. The monoisotopic (exact) mass is 459 g/mol. The van der Waals surface area contributed by atoms with Gasteiger partial charge in [0, 0.05) is 24.0 Å². The van der Waals surface area contributed by atoms with E-state index in [0.717, 1.165) is 6.07 Å². The first kappa shape index (κ1) is 21.3. The second-order valence-electron chi connectivity index (χ2n) is 7.94. The van der Waals surface area contributed by atoms with Crippen LogP contribution in [-0.2, 0) is 6.54 Å². The van der Waals surface area contributed by atoms with Gasteiger partial charge in [-0.05, 0) is 44.2 Å². The number of nitrogens with one attached hydrogen (secondary N) is 2. The van der Waals surface area contributed by atoms with Crippen LogP contribution in [0.2, 0.25) is 0 Å². The number of hydrogen-bond acceptors (Lipinski definition) is 6. The lowest BCUT2D eigenvalue weighted by Crippen LogP contribution is -2.02. The molecule has 1 aromatic carbocycles. The van der Waals surface area contributed by atoms with Gasteiger partial charge in [-0.2, -0.15) is 15.5 Å². The summed E-state index contributed by atoms with van der Waals surface area (Å²) in [5.41, 5.74) is 3.45. The highest BCUT2D eigenvalue weighted by Gasteiger charge is 2.19. The van der Waals surface area contributed by atoms with Gasteiger partial charge >= 0.3 is 0 Å². The van der Waals surface area contributed by atoms with Crippen molar-refractivity contribution >= 4 is 11.3 Å². The van der Waals surface area contributed by atoms with Crippen LogP contribution in [0.5, 0.6) is 0 Å². The summed E-state index contributed by atoms with van der Waals surface area (Å²) < 4.78 is 30.4. The van der Waals surface area contributed by atoms with Gasteiger partial charge in [0.25, 0.3) is 0 Å². The molecule has 0 aliphatic rings. The lowest BCUT2D eigenvalue weighted by atomic mass is 10.2. The molecule has 0 radical (unpaired) electrons. The van der Waals surface area contributed by atoms with Crippen molar-refractivity contribution in [2.45, 2.75) is 26.4 Å². The predicted octanol–water partition coefficient (Wildman–Crippen LogP) is 4.33.